The summed E-state index contributed by atoms with van der Waals surface area (Å²) in [5.74, 6) is 0.775. The SMILES string of the molecule is Cn1c(COc2ccc(CC3SC(=O)[N-]C3=O)cc2)nc2ccccc2c1=O.[Na+]. The van der Waals surface area contributed by atoms with E-state index in [1.165, 1.54) is 4.57 Å². The molecule has 142 valence electrons. The van der Waals surface area contributed by atoms with Crippen molar-refractivity contribution in [3.05, 3.63) is 75.6 Å². The Morgan fingerprint density at radius 3 is 2.52 bits per heavy atom. The van der Waals surface area contributed by atoms with Gasteiger partial charge in [-0.15, -0.1) is 0 Å². The second-order valence-corrected chi connectivity index (χ2v) is 7.52. The smallest absolute Gasteiger partial charge is 0.585 e. The van der Waals surface area contributed by atoms with Gasteiger partial charge in [-0.05, 0) is 36.2 Å². The van der Waals surface area contributed by atoms with E-state index in [1.54, 1.807) is 31.3 Å². The molecule has 1 atom stereocenters. The molecule has 0 bridgehead atoms. The van der Waals surface area contributed by atoms with Crippen LogP contribution in [0.1, 0.15) is 11.4 Å². The van der Waals surface area contributed by atoms with Crippen LogP contribution < -0.4 is 39.9 Å². The van der Waals surface area contributed by atoms with Gasteiger partial charge in [0.25, 0.3) is 5.56 Å². The first-order chi connectivity index (χ1) is 13.5. The molecule has 0 radical (unpaired) electrons. The molecule has 2 heterocycles. The van der Waals surface area contributed by atoms with Gasteiger partial charge in [0.05, 0.1) is 22.1 Å². The van der Waals surface area contributed by atoms with Crippen molar-refractivity contribution in [2.45, 2.75) is 18.3 Å². The molecule has 9 heteroatoms. The molecule has 0 aliphatic carbocycles. The third-order valence-electron chi connectivity index (χ3n) is 4.51. The van der Waals surface area contributed by atoms with Crippen molar-refractivity contribution in [1.82, 2.24) is 9.55 Å². The minimum atomic E-state index is -0.449. The van der Waals surface area contributed by atoms with Crippen LogP contribution >= 0.6 is 11.8 Å². The molecule has 0 N–H and O–H groups in total. The monoisotopic (exact) mass is 417 g/mol. The summed E-state index contributed by atoms with van der Waals surface area (Å²) in [6.07, 6.45) is 0.444. The maximum absolute atomic E-state index is 12.4. The van der Waals surface area contributed by atoms with E-state index in [2.05, 4.69) is 10.3 Å². The summed E-state index contributed by atoms with van der Waals surface area (Å²) in [7, 11) is 1.67. The molecule has 3 aromatic rings. The average molecular weight is 417 g/mol. The summed E-state index contributed by atoms with van der Waals surface area (Å²) in [4.78, 5) is 39.7. The first kappa shape index (κ1) is 21.6. The van der Waals surface area contributed by atoms with Crippen LogP contribution in [-0.2, 0) is 24.9 Å². The third-order valence-corrected chi connectivity index (χ3v) is 5.45. The van der Waals surface area contributed by atoms with Gasteiger partial charge in [-0.1, -0.05) is 36.0 Å². The Bertz CT molecular complexity index is 1130. The summed E-state index contributed by atoms with van der Waals surface area (Å²) >= 11 is 0.957. The summed E-state index contributed by atoms with van der Waals surface area (Å²) in [5.41, 5.74) is 1.44. The number of aromatic nitrogens is 2. The Morgan fingerprint density at radius 2 is 1.83 bits per heavy atom. The molecule has 0 saturated carbocycles. The normalized spacial score (nSPS) is 15.8. The number of imide groups is 1. The minimum absolute atomic E-state index is 0. The molecule has 1 saturated heterocycles. The molecule has 2 amide bonds. The molecular weight excluding hydrogens is 401 g/mol. The van der Waals surface area contributed by atoms with E-state index < -0.39 is 10.5 Å². The van der Waals surface area contributed by atoms with Crippen molar-refractivity contribution in [2.24, 2.45) is 7.05 Å². The molecule has 1 unspecified atom stereocenters. The number of amides is 2. The molecule has 2 aromatic carbocycles. The van der Waals surface area contributed by atoms with Crippen molar-refractivity contribution in [2.75, 3.05) is 0 Å². The maximum Gasteiger partial charge on any atom is 1.00 e. The second-order valence-electron chi connectivity index (χ2n) is 6.37. The quantitative estimate of drug-likeness (QED) is 0.551. The van der Waals surface area contributed by atoms with Crippen LogP contribution in [0.4, 0.5) is 4.79 Å². The van der Waals surface area contributed by atoms with Gasteiger partial charge >= 0.3 is 29.6 Å². The van der Waals surface area contributed by atoms with Gasteiger partial charge in [-0.25, -0.2) is 4.98 Å². The van der Waals surface area contributed by atoms with Crippen LogP contribution in [0.3, 0.4) is 0 Å². The summed E-state index contributed by atoms with van der Waals surface area (Å²) in [6.45, 7) is 0.153. The summed E-state index contributed by atoms with van der Waals surface area (Å²) < 4.78 is 7.26. The number of carbonyl (C=O) groups is 2. The summed E-state index contributed by atoms with van der Waals surface area (Å²) in [6, 6.07) is 14.5. The molecule has 1 aliphatic rings. The van der Waals surface area contributed by atoms with Gasteiger partial charge in [0.2, 0.25) is 0 Å². The maximum atomic E-state index is 12.4. The van der Waals surface area contributed by atoms with E-state index in [0.717, 1.165) is 17.3 Å². The number of ether oxygens (including phenoxy) is 1. The van der Waals surface area contributed by atoms with E-state index in [0.29, 0.717) is 28.9 Å². The van der Waals surface area contributed by atoms with E-state index in [-0.39, 0.29) is 47.6 Å². The number of carbonyl (C=O) groups excluding carboxylic acids is 2. The standard InChI is InChI=1S/C20H17N3O4S.Na/c1-23-17(21-15-5-3-2-4-14(15)19(23)25)11-27-13-8-6-12(7-9-13)10-16-18(24)22-20(26)28-16;/h2-9,16H,10-11H2,1H3,(H,22,24,26);/q;+1/p-1. The van der Waals surface area contributed by atoms with Gasteiger partial charge in [-0.2, -0.15) is 0 Å². The van der Waals surface area contributed by atoms with Crippen LogP contribution in [0.15, 0.2) is 53.3 Å². The minimum Gasteiger partial charge on any atom is -0.585 e. The van der Waals surface area contributed by atoms with Crippen LogP contribution in [-0.4, -0.2) is 25.9 Å². The largest absolute Gasteiger partial charge is 1.00 e. The number of hydrogen-bond donors (Lipinski definition) is 0. The van der Waals surface area contributed by atoms with Crippen molar-refractivity contribution in [3.63, 3.8) is 0 Å². The van der Waals surface area contributed by atoms with Gasteiger partial charge in [0, 0.05) is 7.05 Å². The average Bonchev–Trinajstić information content (AvgIpc) is 3.01. The van der Waals surface area contributed by atoms with E-state index in [9.17, 15) is 14.4 Å². The van der Waals surface area contributed by atoms with E-state index in [4.69, 9.17) is 4.74 Å². The van der Waals surface area contributed by atoms with Gasteiger partial charge in [0.1, 0.15) is 23.4 Å². The Hall–Kier alpha value is -2.13. The Kier molecular flexibility index (Phi) is 6.79. The number of nitrogens with zero attached hydrogens (tertiary/aromatic N) is 3. The topological polar surface area (TPSA) is 92.4 Å². The van der Waals surface area contributed by atoms with Crippen LogP contribution in [0, 0.1) is 0 Å². The molecule has 29 heavy (non-hydrogen) atoms. The number of para-hydroxylation sites is 1. The predicted octanol–water partition coefficient (Wildman–Crippen LogP) is 0.195. The number of hydrogen-bond acceptors (Lipinski definition) is 6. The molecular formula is C20H16N3NaO4S. The fourth-order valence-corrected chi connectivity index (χ4v) is 3.78. The van der Waals surface area contributed by atoms with E-state index in [1.807, 2.05) is 24.3 Å². The van der Waals surface area contributed by atoms with Crippen LogP contribution in [0.25, 0.3) is 16.2 Å². The van der Waals surface area contributed by atoms with Crippen molar-refractivity contribution >= 4 is 33.8 Å². The first-order valence-corrected chi connectivity index (χ1v) is 9.52. The van der Waals surface area contributed by atoms with Crippen molar-refractivity contribution in [1.29, 1.82) is 0 Å². The predicted molar refractivity (Wildman–Crippen MR) is 107 cm³/mol. The zero-order valence-corrected chi connectivity index (χ0v) is 18.8. The second kappa shape index (κ2) is 9.13. The molecule has 4 rings (SSSR count). The third kappa shape index (κ3) is 4.72. The zero-order chi connectivity index (χ0) is 19.7. The van der Waals surface area contributed by atoms with Gasteiger partial charge < -0.3 is 19.6 Å². The fraction of sp³-hybridized carbons (Fsp3) is 0.200. The Morgan fingerprint density at radius 1 is 1.10 bits per heavy atom. The fourth-order valence-electron chi connectivity index (χ4n) is 2.97. The molecule has 1 aromatic heterocycles. The molecule has 1 fully saturated rings. The summed E-state index contributed by atoms with van der Waals surface area (Å²) in [5, 5.41) is 3.11. The number of thioether (sulfide) groups is 1. The molecule has 0 spiro atoms. The van der Waals surface area contributed by atoms with Crippen LogP contribution in [0.5, 0.6) is 5.75 Å². The number of benzene rings is 2. The number of rotatable bonds is 5. The Labute approximate surface area is 193 Å². The van der Waals surface area contributed by atoms with Crippen LogP contribution in [0.2, 0.25) is 0 Å². The Balaban J connectivity index is 0.00000240. The molecule has 1 aliphatic heterocycles. The number of fused-ring (bicyclic) bond motifs is 1. The van der Waals surface area contributed by atoms with Crippen molar-refractivity contribution < 1.29 is 43.9 Å². The van der Waals surface area contributed by atoms with Gasteiger partial charge in [-0.3, -0.25) is 9.36 Å². The van der Waals surface area contributed by atoms with Gasteiger partial charge in [0.15, 0.2) is 0 Å². The van der Waals surface area contributed by atoms with E-state index >= 15 is 0 Å². The molecule has 7 nitrogen and oxygen atoms in total. The first-order valence-electron chi connectivity index (χ1n) is 8.64. The van der Waals surface area contributed by atoms with Crippen molar-refractivity contribution in [3.8, 4) is 5.75 Å². The zero-order valence-electron chi connectivity index (χ0n) is 16.0.